The van der Waals surface area contributed by atoms with Crippen LogP contribution in [0.5, 0.6) is 11.5 Å². The Kier molecular flexibility index (Phi) is 5.00. The number of hydrogen-bond donors (Lipinski definition) is 0. The van der Waals surface area contributed by atoms with Crippen LogP contribution in [0, 0.1) is 0 Å². The van der Waals surface area contributed by atoms with Crippen molar-refractivity contribution in [2.45, 2.75) is 25.5 Å². The average molecular weight is 432 g/mol. The van der Waals surface area contributed by atoms with Crippen molar-refractivity contribution in [3.8, 4) is 11.5 Å². The van der Waals surface area contributed by atoms with E-state index in [9.17, 15) is 4.79 Å². The number of nitrogens with zero attached hydrogens (tertiary/aromatic N) is 1. The Hall–Kier alpha value is -2.05. The smallest absolute Gasteiger partial charge is 0.231 e. The minimum absolute atomic E-state index is 0.162. The predicted molar refractivity (Wildman–Crippen MR) is 111 cm³/mol. The summed E-state index contributed by atoms with van der Waals surface area (Å²) in [5, 5.41) is 1.00. The number of allylic oxidation sites excluding steroid dienone is 1. The van der Waals surface area contributed by atoms with Gasteiger partial charge < -0.3 is 14.2 Å². The number of Topliss-reactive ketones (excluding diaryl/α,β-unsaturated/α-hetero) is 1. The second-order valence-corrected chi connectivity index (χ2v) is 8.29. The quantitative estimate of drug-likeness (QED) is 0.643. The first-order valence-corrected chi connectivity index (χ1v) is 10.4. The average Bonchev–Trinajstić information content (AvgIpc) is 3.32. The number of carbonyl (C=O) groups is 1. The molecule has 0 spiro atoms. The lowest BCUT2D eigenvalue weighted by atomic mass is 10.0. The van der Waals surface area contributed by atoms with Gasteiger partial charge in [0.2, 0.25) is 5.78 Å². The Morgan fingerprint density at radius 1 is 1.21 bits per heavy atom. The molecule has 2 aromatic carbocycles. The van der Waals surface area contributed by atoms with E-state index in [0.29, 0.717) is 40.2 Å². The Bertz CT molecular complexity index is 1010. The van der Waals surface area contributed by atoms with Gasteiger partial charge in [-0.1, -0.05) is 29.3 Å². The lowest BCUT2D eigenvalue weighted by Crippen LogP contribution is -2.37. The zero-order valence-corrected chi connectivity index (χ0v) is 17.1. The number of ketones is 1. The fourth-order valence-corrected chi connectivity index (χ4v) is 4.42. The third kappa shape index (κ3) is 3.64. The standard InChI is InChI=1S/C22H19Cl2NO4/c23-14-4-3-13(18(24)9-14)8-20-21(26)16-5-6-19-17(22(16)29-20)11-25(12-28-19)10-15-2-1-7-27-15/h3-6,8-9,15H,1-2,7,10-12H2/b20-8-. The van der Waals surface area contributed by atoms with Gasteiger partial charge in [-0.15, -0.1) is 0 Å². The summed E-state index contributed by atoms with van der Waals surface area (Å²) in [6.45, 7) is 2.79. The topological polar surface area (TPSA) is 48.0 Å². The molecule has 0 N–H and O–H groups in total. The lowest BCUT2D eigenvalue weighted by molar-refractivity contribution is 0.0274. The third-order valence-electron chi connectivity index (χ3n) is 5.42. The highest BCUT2D eigenvalue weighted by molar-refractivity contribution is 6.35. The van der Waals surface area contributed by atoms with Crippen LogP contribution in [-0.2, 0) is 11.3 Å². The molecule has 0 bridgehead atoms. The lowest BCUT2D eigenvalue weighted by Gasteiger charge is -2.31. The Morgan fingerprint density at radius 2 is 2.10 bits per heavy atom. The van der Waals surface area contributed by atoms with E-state index in [2.05, 4.69) is 4.90 Å². The molecule has 0 aromatic heterocycles. The molecule has 0 saturated carbocycles. The summed E-state index contributed by atoms with van der Waals surface area (Å²) in [5.41, 5.74) is 2.12. The highest BCUT2D eigenvalue weighted by Crippen LogP contribution is 2.42. The molecule has 1 atom stereocenters. The SMILES string of the molecule is O=C1/C(=C/c2ccc(Cl)cc2Cl)Oc2c1ccc1c2CN(CC2CCCO2)CO1. The van der Waals surface area contributed by atoms with Gasteiger partial charge in [-0.25, -0.2) is 0 Å². The van der Waals surface area contributed by atoms with Crippen molar-refractivity contribution in [2.24, 2.45) is 0 Å². The number of halogens is 2. The number of rotatable bonds is 3. The van der Waals surface area contributed by atoms with Crippen LogP contribution in [0.25, 0.3) is 6.08 Å². The van der Waals surface area contributed by atoms with Gasteiger partial charge in [0.1, 0.15) is 18.2 Å². The van der Waals surface area contributed by atoms with E-state index in [1.54, 1.807) is 30.3 Å². The van der Waals surface area contributed by atoms with Crippen LogP contribution in [0.15, 0.2) is 36.1 Å². The molecule has 7 heteroatoms. The summed E-state index contributed by atoms with van der Waals surface area (Å²) < 4.78 is 17.7. The van der Waals surface area contributed by atoms with Crippen molar-refractivity contribution < 1.29 is 19.0 Å². The fourth-order valence-electron chi connectivity index (χ4n) is 3.96. The van der Waals surface area contributed by atoms with Gasteiger partial charge in [0.15, 0.2) is 5.76 Å². The maximum absolute atomic E-state index is 12.9. The van der Waals surface area contributed by atoms with E-state index >= 15 is 0 Å². The van der Waals surface area contributed by atoms with E-state index in [0.717, 1.165) is 37.3 Å². The molecule has 150 valence electrons. The largest absolute Gasteiger partial charge is 0.478 e. The molecular weight excluding hydrogens is 413 g/mol. The molecule has 3 heterocycles. The van der Waals surface area contributed by atoms with Crippen LogP contribution in [0.2, 0.25) is 10.0 Å². The van der Waals surface area contributed by atoms with Crippen LogP contribution in [0.1, 0.15) is 34.3 Å². The monoisotopic (exact) mass is 431 g/mol. The summed E-state index contributed by atoms with van der Waals surface area (Å²) in [7, 11) is 0. The van der Waals surface area contributed by atoms with Crippen LogP contribution in [-0.4, -0.2) is 36.7 Å². The van der Waals surface area contributed by atoms with Crippen LogP contribution >= 0.6 is 23.2 Å². The van der Waals surface area contributed by atoms with E-state index < -0.39 is 0 Å². The second-order valence-electron chi connectivity index (χ2n) is 7.44. The van der Waals surface area contributed by atoms with Crippen molar-refractivity contribution >= 4 is 35.1 Å². The minimum Gasteiger partial charge on any atom is -0.478 e. The van der Waals surface area contributed by atoms with Gasteiger partial charge in [0, 0.05) is 29.7 Å². The maximum atomic E-state index is 12.9. The van der Waals surface area contributed by atoms with Gasteiger partial charge in [-0.2, -0.15) is 0 Å². The number of carbonyl (C=O) groups excluding carboxylic acids is 1. The van der Waals surface area contributed by atoms with Gasteiger partial charge in [-0.05, 0) is 48.7 Å². The molecule has 1 saturated heterocycles. The highest BCUT2D eigenvalue weighted by atomic mass is 35.5. The van der Waals surface area contributed by atoms with Gasteiger partial charge >= 0.3 is 0 Å². The molecule has 1 unspecified atom stereocenters. The van der Waals surface area contributed by atoms with Crippen LogP contribution < -0.4 is 9.47 Å². The number of ether oxygens (including phenoxy) is 3. The molecule has 5 rings (SSSR count). The third-order valence-corrected chi connectivity index (χ3v) is 5.98. The molecule has 3 aliphatic rings. The van der Waals surface area contributed by atoms with Crippen molar-refractivity contribution in [3.05, 3.63) is 62.8 Å². The highest BCUT2D eigenvalue weighted by Gasteiger charge is 2.34. The first kappa shape index (κ1) is 18.9. The van der Waals surface area contributed by atoms with Gasteiger partial charge in [0.05, 0.1) is 17.2 Å². The van der Waals surface area contributed by atoms with E-state index in [4.69, 9.17) is 37.4 Å². The Balaban J connectivity index is 1.42. The van der Waals surface area contributed by atoms with Gasteiger partial charge in [0.25, 0.3) is 0 Å². The molecule has 3 aliphatic heterocycles. The van der Waals surface area contributed by atoms with E-state index in [1.807, 2.05) is 6.07 Å². The predicted octanol–water partition coefficient (Wildman–Crippen LogP) is 4.94. The number of fused-ring (bicyclic) bond motifs is 3. The molecule has 1 fully saturated rings. The van der Waals surface area contributed by atoms with Crippen molar-refractivity contribution in [2.75, 3.05) is 19.9 Å². The van der Waals surface area contributed by atoms with Crippen molar-refractivity contribution in [1.82, 2.24) is 4.90 Å². The van der Waals surface area contributed by atoms with Gasteiger partial charge in [-0.3, -0.25) is 9.69 Å². The fraction of sp³-hybridized carbons (Fsp3) is 0.318. The van der Waals surface area contributed by atoms with Crippen molar-refractivity contribution in [1.29, 1.82) is 0 Å². The van der Waals surface area contributed by atoms with Crippen LogP contribution in [0.4, 0.5) is 0 Å². The molecule has 0 amide bonds. The minimum atomic E-state index is -0.162. The normalized spacial score (nSPS) is 22.3. The van der Waals surface area contributed by atoms with Crippen LogP contribution in [0.3, 0.4) is 0 Å². The molecular formula is C22H19Cl2NO4. The van der Waals surface area contributed by atoms with E-state index in [1.165, 1.54) is 0 Å². The first-order valence-electron chi connectivity index (χ1n) is 9.60. The summed E-state index contributed by atoms with van der Waals surface area (Å²) in [6.07, 6.45) is 4.06. The first-order chi connectivity index (χ1) is 14.1. The zero-order valence-electron chi connectivity index (χ0n) is 15.6. The summed E-state index contributed by atoms with van der Waals surface area (Å²) >= 11 is 12.2. The van der Waals surface area contributed by atoms with E-state index in [-0.39, 0.29) is 17.6 Å². The molecule has 0 aliphatic carbocycles. The summed E-state index contributed by atoms with van der Waals surface area (Å²) in [6, 6.07) is 8.73. The Morgan fingerprint density at radius 3 is 2.90 bits per heavy atom. The molecule has 0 radical (unpaired) electrons. The maximum Gasteiger partial charge on any atom is 0.231 e. The molecule has 2 aromatic rings. The summed E-state index contributed by atoms with van der Waals surface area (Å²) in [4.78, 5) is 15.1. The second kappa shape index (κ2) is 7.65. The zero-order chi connectivity index (χ0) is 20.0. The number of hydrogen-bond acceptors (Lipinski definition) is 5. The van der Waals surface area contributed by atoms with Crippen molar-refractivity contribution in [3.63, 3.8) is 0 Å². The number of benzene rings is 2. The summed E-state index contributed by atoms with van der Waals surface area (Å²) in [5.74, 6) is 1.41. The Labute approximate surface area is 178 Å². The molecule has 5 nitrogen and oxygen atoms in total. The molecule has 29 heavy (non-hydrogen) atoms.